The van der Waals surface area contributed by atoms with Crippen molar-refractivity contribution in [3.8, 4) is 11.5 Å². The molecular formula is C27H41NO11. The first-order chi connectivity index (χ1) is 18.3. The predicted octanol–water partition coefficient (Wildman–Crippen LogP) is 5.07. The first-order valence-corrected chi connectivity index (χ1v) is 13.0. The second kappa shape index (κ2) is 16.4. The van der Waals surface area contributed by atoms with Gasteiger partial charge in [0.1, 0.15) is 23.9 Å². The van der Waals surface area contributed by atoms with Crippen LogP contribution in [0.25, 0.3) is 0 Å². The van der Waals surface area contributed by atoms with E-state index < -0.39 is 48.3 Å². The van der Waals surface area contributed by atoms with Gasteiger partial charge < -0.3 is 38.9 Å². The van der Waals surface area contributed by atoms with Gasteiger partial charge in [-0.2, -0.15) is 0 Å². The quantitative estimate of drug-likeness (QED) is 0.185. The molecule has 0 aliphatic rings. The number of hydrogen-bond donors (Lipinski definition) is 1. The highest BCUT2D eigenvalue weighted by Gasteiger charge is 2.28. The summed E-state index contributed by atoms with van der Waals surface area (Å²) in [6.07, 6.45) is -2.66. The van der Waals surface area contributed by atoms with Crippen molar-refractivity contribution >= 4 is 24.4 Å². The van der Waals surface area contributed by atoms with Crippen molar-refractivity contribution in [1.29, 1.82) is 0 Å². The zero-order valence-electron chi connectivity index (χ0n) is 23.8. The molecule has 0 fully saturated rings. The lowest BCUT2D eigenvalue weighted by atomic mass is 10.1. The van der Waals surface area contributed by atoms with Gasteiger partial charge in [-0.1, -0.05) is 26.8 Å². The van der Waals surface area contributed by atoms with Crippen molar-refractivity contribution in [1.82, 2.24) is 0 Å². The third kappa shape index (κ3) is 12.7. The molecule has 220 valence electrons. The third-order valence-electron chi connectivity index (χ3n) is 5.46. The van der Waals surface area contributed by atoms with Gasteiger partial charge >= 0.3 is 24.4 Å². The van der Waals surface area contributed by atoms with Gasteiger partial charge in [0.05, 0.1) is 13.2 Å². The molecule has 0 spiro atoms. The minimum Gasteiger partial charge on any atom is -0.458 e. The molecule has 0 aromatic heterocycles. The molecule has 0 radical (unpaired) electrons. The second-order valence-corrected chi connectivity index (χ2v) is 9.42. The van der Waals surface area contributed by atoms with Crippen LogP contribution in [0.4, 0.5) is 14.4 Å². The largest absolute Gasteiger partial charge is 0.513 e. The lowest BCUT2D eigenvalue weighted by molar-refractivity contribution is -0.156. The topological polar surface area (TPSA) is 159 Å². The Morgan fingerprint density at radius 3 is 1.90 bits per heavy atom. The van der Waals surface area contributed by atoms with Crippen molar-refractivity contribution in [3.05, 3.63) is 23.8 Å². The van der Waals surface area contributed by atoms with Gasteiger partial charge in [0.25, 0.3) is 0 Å². The highest BCUT2D eigenvalue weighted by atomic mass is 16.8. The van der Waals surface area contributed by atoms with Crippen molar-refractivity contribution in [2.45, 2.75) is 98.0 Å². The highest BCUT2D eigenvalue weighted by molar-refractivity contribution is 5.76. The van der Waals surface area contributed by atoms with E-state index in [1.54, 1.807) is 33.8 Å². The number of esters is 1. The molecule has 0 bridgehead atoms. The van der Waals surface area contributed by atoms with E-state index in [1.807, 2.05) is 20.8 Å². The molecule has 0 saturated heterocycles. The Balaban J connectivity index is 2.86. The maximum atomic E-state index is 12.6. The fourth-order valence-electron chi connectivity index (χ4n) is 2.73. The van der Waals surface area contributed by atoms with Crippen molar-refractivity contribution in [2.24, 2.45) is 5.73 Å². The van der Waals surface area contributed by atoms with Crippen LogP contribution in [0.15, 0.2) is 18.2 Å². The van der Waals surface area contributed by atoms with E-state index in [0.717, 1.165) is 0 Å². The average Bonchev–Trinajstić information content (AvgIpc) is 2.87. The second-order valence-electron chi connectivity index (χ2n) is 9.42. The number of rotatable bonds is 14. The Kier molecular flexibility index (Phi) is 14.1. The fourth-order valence-corrected chi connectivity index (χ4v) is 2.73. The van der Waals surface area contributed by atoms with Crippen molar-refractivity contribution < 1.29 is 52.3 Å². The molecule has 2 N–H and O–H groups in total. The van der Waals surface area contributed by atoms with Crippen LogP contribution in [-0.4, -0.2) is 61.5 Å². The minimum atomic E-state index is -1.10. The first kappa shape index (κ1) is 33.5. The van der Waals surface area contributed by atoms with Crippen LogP contribution < -0.4 is 15.2 Å². The smallest absolute Gasteiger partial charge is 0.458 e. The molecule has 0 unspecified atom stereocenters. The van der Waals surface area contributed by atoms with Crippen LogP contribution in [0, 0.1) is 0 Å². The molecule has 3 atom stereocenters. The number of carbonyl (C=O) groups excluding carboxylic acids is 4. The summed E-state index contributed by atoms with van der Waals surface area (Å²) in [6, 6.07) is 3.21. The van der Waals surface area contributed by atoms with E-state index in [1.165, 1.54) is 12.1 Å². The normalized spacial score (nSPS) is 13.3. The van der Waals surface area contributed by atoms with E-state index in [2.05, 4.69) is 0 Å². The zero-order valence-corrected chi connectivity index (χ0v) is 23.8. The van der Waals surface area contributed by atoms with E-state index in [-0.39, 0.29) is 31.1 Å². The Hall–Kier alpha value is -3.54. The van der Waals surface area contributed by atoms with Gasteiger partial charge in [-0.15, -0.1) is 0 Å². The first-order valence-electron chi connectivity index (χ1n) is 13.0. The van der Waals surface area contributed by atoms with E-state index >= 15 is 0 Å². The van der Waals surface area contributed by atoms with Gasteiger partial charge in [-0.05, 0) is 71.1 Å². The summed E-state index contributed by atoms with van der Waals surface area (Å²) in [5.41, 5.74) is 5.84. The maximum absolute atomic E-state index is 12.6. The third-order valence-corrected chi connectivity index (χ3v) is 5.46. The molecule has 12 heteroatoms. The molecule has 1 rings (SSSR count). The van der Waals surface area contributed by atoms with E-state index in [9.17, 15) is 19.2 Å². The molecular weight excluding hydrogens is 514 g/mol. The minimum absolute atomic E-state index is 0.00550. The van der Waals surface area contributed by atoms with Crippen LogP contribution in [0.1, 0.15) is 73.3 Å². The number of ether oxygens (including phenoxy) is 7. The van der Waals surface area contributed by atoms with Crippen LogP contribution in [0.2, 0.25) is 0 Å². The van der Waals surface area contributed by atoms with Crippen molar-refractivity contribution in [3.63, 3.8) is 0 Å². The molecule has 1 aromatic rings. The van der Waals surface area contributed by atoms with Gasteiger partial charge in [-0.25, -0.2) is 14.4 Å². The van der Waals surface area contributed by atoms with Gasteiger partial charge in [0, 0.05) is 0 Å². The Bertz CT molecular complexity index is 963. The maximum Gasteiger partial charge on any atom is 0.513 e. The molecule has 12 nitrogen and oxygen atoms in total. The van der Waals surface area contributed by atoms with Crippen LogP contribution in [-0.2, 0) is 34.9 Å². The number of benzene rings is 1. The summed E-state index contributed by atoms with van der Waals surface area (Å²) in [6.45, 7) is 12.4. The number of carbonyl (C=O) groups is 4. The Morgan fingerprint density at radius 2 is 1.36 bits per heavy atom. The Morgan fingerprint density at radius 1 is 0.821 bits per heavy atom. The molecule has 0 aliphatic carbocycles. The summed E-state index contributed by atoms with van der Waals surface area (Å²) in [5.74, 6) is -0.942. The molecule has 1 aromatic carbocycles. The molecule has 0 aliphatic heterocycles. The van der Waals surface area contributed by atoms with E-state index in [4.69, 9.17) is 38.9 Å². The highest BCUT2D eigenvalue weighted by Crippen LogP contribution is 2.30. The Labute approximate surface area is 229 Å². The fraction of sp³-hybridized carbons (Fsp3) is 0.630. The standard InChI is InChI=1S/C27H41NO11/c1-8-13-33-24(30)37-21-12-11-19(16-22(21)38-25(31)34-14-9-2)15-20(28)23(29)35-17(4)18(5)36-26(32)39-27(6,7)10-3/h11-12,16-18,20H,8-10,13-15,28H2,1-7H3/t17-,18-,20-/m0/s1. The summed E-state index contributed by atoms with van der Waals surface area (Å²) in [5, 5.41) is 0. The molecule has 0 saturated carbocycles. The lowest BCUT2D eigenvalue weighted by Gasteiger charge is -2.26. The average molecular weight is 556 g/mol. The van der Waals surface area contributed by atoms with Crippen LogP contribution in [0.5, 0.6) is 11.5 Å². The van der Waals surface area contributed by atoms with Crippen LogP contribution in [0.3, 0.4) is 0 Å². The molecule has 0 heterocycles. The molecule has 0 amide bonds. The predicted molar refractivity (Wildman–Crippen MR) is 140 cm³/mol. The van der Waals surface area contributed by atoms with Gasteiger partial charge in [0.2, 0.25) is 0 Å². The summed E-state index contributed by atoms with van der Waals surface area (Å²) in [7, 11) is 0. The summed E-state index contributed by atoms with van der Waals surface area (Å²) < 4.78 is 36.0. The van der Waals surface area contributed by atoms with Crippen LogP contribution >= 0.6 is 0 Å². The van der Waals surface area contributed by atoms with Crippen molar-refractivity contribution in [2.75, 3.05) is 13.2 Å². The SMILES string of the molecule is CCCOC(=O)Oc1ccc(C[C@H](N)C(=O)O[C@@H](C)[C@H](C)OC(=O)OC(C)(C)CC)cc1OC(=O)OCCC. The molecule has 39 heavy (non-hydrogen) atoms. The van der Waals surface area contributed by atoms with Gasteiger partial charge in [0.15, 0.2) is 11.5 Å². The zero-order chi connectivity index (χ0) is 29.6. The number of hydrogen-bond acceptors (Lipinski definition) is 12. The van der Waals surface area contributed by atoms with Gasteiger partial charge in [-0.3, -0.25) is 4.79 Å². The summed E-state index contributed by atoms with van der Waals surface area (Å²) >= 11 is 0. The number of nitrogens with two attached hydrogens (primary N) is 1. The summed E-state index contributed by atoms with van der Waals surface area (Å²) in [4.78, 5) is 48.5. The lowest BCUT2D eigenvalue weighted by Crippen LogP contribution is -2.40. The monoisotopic (exact) mass is 555 g/mol. The van der Waals surface area contributed by atoms with E-state index in [0.29, 0.717) is 24.8 Å².